The quantitative estimate of drug-likeness (QED) is 0.779. The van der Waals surface area contributed by atoms with Crippen LogP contribution in [-0.4, -0.2) is 18.7 Å². The lowest BCUT2D eigenvalue weighted by Crippen LogP contribution is -2.03. The van der Waals surface area contributed by atoms with E-state index in [4.69, 9.17) is 0 Å². The monoisotopic (exact) mass is 199 g/mol. The average molecular weight is 199 g/mol. The number of aromatic hydroxyl groups is 1. The van der Waals surface area contributed by atoms with Gasteiger partial charge in [-0.2, -0.15) is 0 Å². The summed E-state index contributed by atoms with van der Waals surface area (Å²) in [6.07, 6.45) is 3.12. The van der Waals surface area contributed by atoms with E-state index in [2.05, 4.69) is 5.32 Å². The van der Waals surface area contributed by atoms with E-state index in [1.165, 1.54) is 6.08 Å². The van der Waals surface area contributed by atoms with Crippen molar-refractivity contribution >= 4 is 6.08 Å². The molecule has 1 aromatic rings. The Balaban J connectivity index is 2.96. The van der Waals surface area contributed by atoms with Gasteiger partial charge in [-0.1, -0.05) is 12.2 Å². The predicted molar refractivity (Wildman–Crippen MR) is 51.0 cm³/mol. The minimum Gasteiger partial charge on any atom is -0.504 e. The molecule has 2 N–H and O–H groups in total. The second-order valence-corrected chi connectivity index (χ2v) is 2.79. The first-order valence-electron chi connectivity index (χ1n) is 4.14. The summed E-state index contributed by atoms with van der Waals surface area (Å²) in [7, 11) is 1.75. The van der Waals surface area contributed by atoms with Crippen molar-refractivity contribution in [2.45, 2.75) is 0 Å². The van der Waals surface area contributed by atoms with Crippen LogP contribution >= 0.6 is 0 Å². The van der Waals surface area contributed by atoms with Crippen molar-refractivity contribution in [1.82, 2.24) is 5.32 Å². The summed E-state index contributed by atoms with van der Waals surface area (Å²) in [5.74, 6) is -2.18. The minimum atomic E-state index is -0.950. The molecule has 0 bridgehead atoms. The molecule has 0 aliphatic carbocycles. The second kappa shape index (κ2) is 4.72. The lowest BCUT2D eigenvalue weighted by atomic mass is 10.1. The molecule has 0 unspecified atom stereocenters. The van der Waals surface area contributed by atoms with Crippen LogP contribution in [0.5, 0.6) is 5.75 Å². The van der Waals surface area contributed by atoms with Gasteiger partial charge in [-0.25, -0.2) is 8.78 Å². The molecule has 0 fully saturated rings. The molecular weight excluding hydrogens is 188 g/mol. The van der Waals surface area contributed by atoms with Crippen molar-refractivity contribution in [3.05, 3.63) is 35.4 Å². The Labute approximate surface area is 80.9 Å². The maximum atomic E-state index is 12.8. The van der Waals surface area contributed by atoms with Crippen molar-refractivity contribution in [3.63, 3.8) is 0 Å². The van der Waals surface area contributed by atoms with Gasteiger partial charge in [0.15, 0.2) is 11.6 Å². The van der Waals surface area contributed by atoms with E-state index in [9.17, 15) is 13.9 Å². The fourth-order valence-corrected chi connectivity index (χ4v) is 1.02. The first kappa shape index (κ1) is 10.7. The summed E-state index contributed by atoms with van der Waals surface area (Å²) in [6.45, 7) is 0.567. The Morgan fingerprint density at radius 1 is 1.43 bits per heavy atom. The topological polar surface area (TPSA) is 32.3 Å². The first-order valence-corrected chi connectivity index (χ1v) is 4.14. The van der Waals surface area contributed by atoms with Crippen LogP contribution in [0.15, 0.2) is 18.2 Å². The van der Waals surface area contributed by atoms with Crippen molar-refractivity contribution in [3.8, 4) is 5.75 Å². The van der Waals surface area contributed by atoms with E-state index in [1.807, 2.05) is 0 Å². The SMILES string of the molecule is CNCC=Cc1cc(F)cc(F)c1O. The fourth-order valence-electron chi connectivity index (χ4n) is 1.02. The van der Waals surface area contributed by atoms with Gasteiger partial charge in [0.25, 0.3) is 0 Å². The van der Waals surface area contributed by atoms with Crippen molar-refractivity contribution in [1.29, 1.82) is 0 Å². The molecule has 14 heavy (non-hydrogen) atoms. The first-order chi connectivity index (χ1) is 6.65. The summed E-state index contributed by atoms with van der Waals surface area (Å²) in [6, 6.07) is 1.72. The van der Waals surface area contributed by atoms with Crippen LogP contribution in [0, 0.1) is 11.6 Å². The number of halogens is 2. The van der Waals surface area contributed by atoms with Crippen LogP contribution in [0.3, 0.4) is 0 Å². The third kappa shape index (κ3) is 2.53. The molecule has 0 aliphatic heterocycles. The Kier molecular flexibility index (Phi) is 3.59. The Hall–Kier alpha value is -1.42. The third-order valence-corrected chi connectivity index (χ3v) is 1.68. The summed E-state index contributed by atoms with van der Waals surface area (Å²) in [5, 5.41) is 12.0. The van der Waals surface area contributed by atoms with Gasteiger partial charge in [0.2, 0.25) is 0 Å². The van der Waals surface area contributed by atoms with Gasteiger partial charge in [0, 0.05) is 18.2 Å². The van der Waals surface area contributed by atoms with Gasteiger partial charge >= 0.3 is 0 Å². The van der Waals surface area contributed by atoms with E-state index < -0.39 is 17.4 Å². The van der Waals surface area contributed by atoms with Gasteiger partial charge in [-0.15, -0.1) is 0 Å². The molecule has 0 radical (unpaired) electrons. The molecule has 2 nitrogen and oxygen atoms in total. The molecule has 76 valence electrons. The van der Waals surface area contributed by atoms with Gasteiger partial charge in [0.05, 0.1) is 0 Å². The van der Waals surface area contributed by atoms with Crippen LogP contribution in [0.25, 0.3) is 6.08 Å². The van der Waals surface area contributed by atoms with Gasteiger partial charge in [0.1, 0.15) is 5.82 Å². The summed E-state index contributed by atoms with van der Waals surface area (Å²) < 4.78 is 25.5. The van der Waals surface area contributed by atoms with Crippen molar-refractivity contribution < 1.29 is 13.9 Å². The third-order valence-electron chi connectivity index (χ3n) is 1.68. The molecule has 4 heteroatoms. The molecule has 0 atom stereocenters. The summed E-state index contributed by atoms with van der Waals surface area (Å²) in [4.78, 5) is 0. The number of rotatable bonds is 3. The van der Waals surface area contributed by atoms with Crippen LogP contribution < -0.4 is 5.32 Å². The Morgan fingerprint density at radius 2 is 2.14 bits per heavy atom. The van der Waals surface area contributed by atoms with Crippen molar-refractivity contribution in [2.75, 3.05) is 13.6 Å². The van der Waals surface area contributed by atoms with Gasteiger partial charge in [-0.05, 0) is 13.1 Å². The maximum Gasteiger partial charge on any atom is 0.168 e. The van der Waals surface area contributed by atoms with Crippen molar-refractivity contribution in [2.24, 2.45) is 0 Å². The lowest BCUT2D eigenvalue weighted by molar-refractivity contribution is 0.426. The number of hydrogen-bond acceptors (Lipinski definition) is 2. The smallest absolute Gasteiger partial charge is 0.168 e. The number of phenols is 1. The molecule has 0 aromatic heterocycles. The van der Waals surface area contributed by atoms with Crippen LogP contribution in [0.4, 0.5) is 8.78 Å². The average Bonchev–Trinajstić information content (AvgIpc) is 2.13. The van der Waals surface area contributed by atoms with E-state index in [1.54, 1.807) is 13.1 Å². The Morgan fingerprint density at radius 3 is 2.79 bits per heavy atom. The zero-order valence-electron chi connectivity index (χ0n) is 7.72. The highest BCUT2D eigenvalue weighted by molar-refractivity contribution is 5.57. The molecule has 1 aromatic carbocycles. The molecule has 0 spiro atoms. The van der Waals surface area contributed by atoms with Crippen LogP contribution in [0.2, 0.25) is 0 Å². The summed E-state index contributed by atoms with van der Waals surface area (Å²) >= 11 is 0. The van der Waals surface area contributed by atoms with Gasteiger partial charge in [-0.3, -0.25) is 0 Å². The number of phenolic OH excluding ortho intramolecular Hbond substituents is 1. The normalized spacial score (nSPS) is 11.1. The molecule has 0 amide bonds. The number of nitrogens with one attached hydrogen (secondary N) is 1. The molecule has 0 saturated heterocycles. The fraction of sp³-hybridized carbons (Fsp3) is 0.200. The van der Waals surface area contributed by atoms with Crippen LogP contribution in [0.1, 0.15) is 5.56 Å². The molecular formula is C10H11F2NO. The number of hydrogen-bond donors (Lipinski definition) is 2. The lowest BCUT2D eigenvalue weighted by Gasteiger charge is -2.00. The highest BCUT2D eigenvalue weighted by Gasteiger charge is 2.06. The predicted octanol–water partition coefficient (Wildman–Crippen LogP) is 1.90. The second-order valence-electron chi connectivity index (χ2n) is 2.79. The summed E-state index contributed by atoms with van der Waals surface area (Å²) in [5.41, 5.74) is 0.137. The van der Waals surface area contributed by atoms with E-state index in [0.717, 1.165) is 6.07 Å². The Bertz CT molecular complexity index is 350. The zero-order valence-corrected chi connectivity index (χ0v) is 7.72. The zero-order chi connectivity index (χ0) is 10.6. The maximum absolute atomic E-state index is 12.8. The molecule has 1 rings (SSSR count). The highest BCUT2D eigenvalue weighted by atomic mass is 19.1. The van der Waals surface area contributed by atoms with Gasteiger partial charge < -0.3 is 10.4 Å². The highest BCUT2D eigenvalue weighted by Crippen LogP contribution is 2.23. The largest absolute Gasteiger partial charge is 0.504 e. The molecule has 0 heterocycles. The molecule has 0 saturated carbocycles. The number of benzene rings is 1. The number of likely N-dealkylation sites (N-methyl/N-ethyl adjacent to an activating group) is 1. The standard InChI is InChI=1S/C10H11F2NO/c1-13-4-2-3-7-5-8(11)6-9(12)10(7)14/h2-3,5-6,13-14H,4H2,1H3. The molecule has 0 aliphatic rings. The minimum absolute atomic E-state index is 0.137. The van der Waals surface area contributed by atoms with E-state index in [-0.39, 0.29) is 5.56 Å². The van der Waals surface area contributed by atoms with Crippen LogP contribution in [-0.2, 0) is 0 Å². The van der Waals surface area contributed by atoms with E-state index >= 15 is 0 Å². The van der Waals surface area contributed by atoms with E-state index in [0.29, 0.717) is 12.6 Å².